The first-order valence-electron chi connectivity index (χ1n) is 8.58. The van der Waals surface area contributed by atoms with Crippen LogP contribution in [0, 0.1) is 5.92 Å². The van der Waals surface area contributed by atoms with Gasteiger partial charge in [0.2, 0.25) is 0 Å². The van der Waals surface area contributed by atoms with Crippen LogP contribution >= 0.6 is 0 Å². The topological polar surface area (TPSA) is 157 Å². The summed E-state index contributed by atoms with van der Waals surface area (Å²) >= 11 is 0. The fraction of sp³-hybridized carbons (Fsp3) is 0.556. The number of hydrogen-bond donors (Lipinski definition) is 6. The minimum absolute atomic E-state index is 0.202. The summed E-state index contributed by atoms with van der Waals surface area (Å²) in [6.45, 7) is 2.32. The Bertz CT molecular complexity index is 665. The maximum atomic E-state index is 12.6. The second-order valence-corrected chi connectivity index (χ2v) is 6.90. The summed E-state index contributed by atoms with van der Waals surface area (Å²) in [6.07, 6.45) is -8.10. The summed E-state index contributed by atoms with van der Waals surface area (Å²) < 4.78 is 5.45. The van der Waals surface area contributed by atoms with Crippen LogP contribution in [0.15, 0.2) is 30.3 Å². The first kappa shape index (κ1) is 21.3. The van der Waals surface area contributed by atoms with Gasteiger partial charge in [-0.3, -0.25) is 4.79 Å². The number of hydrogen-bond acceptors (Lipinski definition) is 7. The maximum Gasteiger partial charge on any atom is 0.332 e. The molecule has 2 rings (SSSR count). The number of benzene rings is 1. The molecule has 9 nitrogen and oxygen atoms in total. The number of carboxylic acids is 1. The Balaban J connectivity index is 2.47. The first-order valence-corrected chi connectivity index (χ1v) is 8.58. The molecule has 0 unspecified atom stereocenters. The van der Waals surface area contributed by atoms with E-state index < -0.39 is 60.5 Å². The van der Waals surface area contributed by atoms with Gasteiger partial charge >= 0.3 is 5.97 Å². The van der Waals surface area contributed by atoms with Crippen molar-refractivity contribution >= 4 is 11.9 Å². The predicted octanol–water partition coefficient (Wildman–Crippen LogP) is -1.26. The van der Waals surface area contributed by atoms with Crippen molar-refractivity contribution in [3.05, 3.63) is 35.9 Å². The highest BCUT2D eigenvalue weighted by atomic mass is 16.5. The van der Waals surface area contributed by atoms with E-state index >= 15 is 0 Å². The smallest absolute Gasteiger partial charge is 0.332 e. The summed E-state index contributed by atoms with van der Waals surface area (Å²) in [7, 11) is 0. The van der Waals surface area contributed by atoms with Crippen molar-refractivity contribution in [1.29, 1.82) is 0 Å². The molecule has 0 saturated carbocycles. The largest absolute Gasteiger partial charge is 0.479 e. The molecule has 0 radical (unpaired) electrons. The molecule has 1 fully saturated rings. The SMILES string of the molecule is CC(C)[C@@](NC(=O)c1ccccc1)(C(=O)O)[C@H]1O[C@H](CO)[C@@H](O)[C@H](O)[C@@H]1O. The van der Waals surface area contributed by atoms with Crippen LogP contribution in [0.4, 0.5) is 0 Å². The zero-order valence-corrected chi connectivity index (χ0v) is 15.0. The molecule has 1 aromatic carbocycles. The molecule has 9 heteroatoms. The van der Waals surface area contributed by atoms with Crippen LogP contribution in [-0.2, 0) is 9.53 Å². The van der Waals surface area contributed by atoms with E-state index in [9.17, 15) is 35.1 Å². The lowest BCUT2D eigenvalue weighted by Gasteiger charge is -2.49. The van der Waals surface area contributed by atoms with Gasteiger partial charge in [0.05, 0.1) is 6.61 Å². The highest BCUT2D eigenvalue weighted by molar-refractivity contribution is 5.98. The molecular formula is C18H25NO8. The molecule has 0 aromatic heterocycles. The average molecular weight is 383 g/mol. The summed E-state index contributed by atoms with van der Waals surface area (Å²) in [5.74, 6) is -2.96. The van der Waals surface area contributed by atoms with E-state index in [1.54, 1.807) is 18.2 Å². The average Bonchev–Trinajstić information content (AvgIpc) is 2.65. The molecule has 150 valence electrons. The molecule has 6 atom stereocenters. The molecule has 0 spiro atoms. The van der Waals surface area contributed by atoms with Gasteiger partial charge in [-0.1, -0.05) is 32.0 Å². The molecule has 1 amide bonds. The van der Waals surface area contributed by atoms with Gasteiger partial charge < -0.3 is 35.6 Å². The summed E-state index contributed by atoms with van der Waals surface area (Å²) in [4.78, 5) is 24.9. The Labute approximate surface area is 156 Å². The van der Waals surface area contributed by atoms with E-state index in [1.165, 1.54) is 26.0 Å². The Kier molecular flexibility index (Phi) is 6.55. The summed E-state index contributed by atoms with van der Waals surface area (Å²) in [5.41, 5.74) is -1.92. The third-order valence-electron chi connectivity index (χ3n) is 4.96. The molecule has 1 heterocycles. The second kappa shape index (κ2) is 8.32. The van der Waals surface area contributed by atoms with E-state index in [-0.39, 0.29) is 5.56 Å². The standard InChI is InChI=1S/C18H25NO8/c1-9(2)18(17(25)26,19-16(24)10-6-4-3-5-7-10)15-14(23)13(22)12(21)11(8-20)27-15/h3-7,9,11-15,20-23H,8H2,1-2H3,(H,19,24)(H,25,26)/t11-,12-,13+,14+,15+,18+/m1/s1. The lowest BCUT2D eigenvalue weighted by atomic mass is 9.75. The number of nitrogens with one attached hydrogen (secondary N) is 1. The molecule has 1 saturated heterocycles. The van der Waals surface area contributed by atoms with Gasteiger partial charge in [0.1, 0.15) is 30.5 Å². The number of carbonyl (C=O) groups is 2. The highest BCUT2D eigenvalue weighted by Crippen LogP contribution is 2.34. The number of carbonyl (C=O) groups excluding carboxylic acids is 1. The van der Waals surface area contributed by atoms with E-state index in [2.05, 4.69) is 5.32 Å². The summed E-state index contributed by atoms with van der Waals surface area (Å²) in [5, 5.41) is 52.2. The Morgan fingerprint density at radius 2 is 1.70 bits per heavy atom. The molecule has 6 N–H and O–H groups in total. The molecule has 0 aliphatic carbocycles. The monoisotopic (exact) mass is 383 g/mol. The van der Waals surface area contributed by atoms with Gasteiger partial charge in [-0.15, -0.1) is 0 Å². The van der Waals surface area contributed by atoms with Gasteiger partial charge in [0.25, 0.3) is 5.91 Å². The van der Waals surface area contributed by atoms with Gasteiger partial charge in [0, 0.05) is 5.56 Å². The van der Waals surface area contributed by atoms with Crippen LogP contribution in [0.2, 0.25) is 0 Å². The van der Waals surface area contributed by atoms with Gasteiger partial charge in [0.15, 0.2) is 5.54 Å². The van der Waals surface area contributed by atoms with Crippen molar-refractivity contribution in [2.24, 2.45) is 5.92 Å². The first-order chi connectivity index (χ1) is 12.7. The third kappa shape index (κ3) is 3.83. The third-order valence-corrected chi connectivity index (χ3v) is 4.96. The van der Waals surface area contributed by atoms with Crippen LogP contribution in [0.25, 0.3) is 0 Å². The molecule has 0 bridgehead atoms. The molecule has 1 aliphatic heterocycles. The predicted molar refractivity (Wildman–Crippen MR) is 92.9 cm³/mol. The van der Waals surface area contributed by atoms with Crippen LogP contribution in [0.1, 0.15) is 24.2 Å². The van der Waals surface area contributed by atoms with E-state index in [1.807, 2.05) is 0 Å². The second-order valence-electron chi connectivity index (χ2n) is 6.90. The minimum atomic E-state index is -2.12. The number of aliphatic hydroxyl groups is 4. The highest BCUT2D eigenvalue weighted by Gasteiger charge is 2.59. The number of aliphatic hydroxyl groups excluding tert-OH is 4. The zero-order chi connectivity index (χ0) is 20.4. The van der Waals surface area contributed by atoms with Crippen LogP contribution in [0.5, 0.6) is 0 Å². The minimum Gasteiger partial charge on any atom is -0.479 e. The van der Waals surface area contributed by atoms with Crippen LogP contribution in [0.3, 0.4) is 0 Å². The van der Waals surface area contributed by atoms with Crippen molar-refractivity contribution in [3.8, 4) is 0 Å². The van der Waals surface area contributed by atoms with Crippen molar-refractivity contribution in [2.45, 2.75) is 49.9 Å². The lowest BCUT2D eigenvalue weighted by Crippen LogP contribution is -2.74. The normalized spacial score (nSPS) is 30.6. The van der Waals surface area contributed by atoms with Crippen molar-refractivity contribution < 1.29 is 39.9 Å². The number of aliphatic carboxylic acids is 1. The van der Waals surface area contributed by atoms with Crippen molar-refractivity contribution in [3.63, 3.8) is 0 Å². The van der Waals surface area contributed by atoms with Gasteiger partial charge in [-0.2, -0.15) is 0 Å². The van der Waals surface area contributed by atoms with Crippen LogP contribution < -0.4 is 5.32 Å². The quantitative estimate of drug-likeness (QED) is 0.355. The van der Waals surface area contributed by atoms with Gasteiger partial charge in [-0.25, -0.2) is 4.79 Å². The number of ether oxygens (including phenoxy) is 1. The van der Waals surface area contributed by atoms with Crippen molar-refractivity contribution in [1.82, 2.24) is 5.32 Å². The zero-order valence-electron chi connectivity index (χ0n) is 15.0. The van der Waals surface area contributed by atoms with E-state index in [4.69, 9.17) is 4.74 Å². The van der Waals surface area contributed by atoms with Gasteiger partial charge in [-0.05, 0) is 18.1 Å². The Morgan fingerprint density at radius 1 is 1.11 bits per heavy atom. The number of amides is 1. The lowest BCUT2D eigenvalue weighted by molar-refractivity contribution is -0.251. The molecule has 1 aromatic rings. The number of carboxylic acid groups (broad SMARTS) is 1. The van der Waals surface area contributed by atoms with Crippen LogP contribution in [-0.4, -0.2) is 80.1 Å². The fourth-order valence-corrected chi connectivity index (χ4v) is 3.29. The Hall–Kier alpha value is -2.04. The molecule has 1 aliphatic rings. The molecular weight excluding hydrogens is 358 g/mol. The Morgan fingerprint density at radius 3 is 2.19 bits per heavy atom. The fourth-order valence-electron chi connectivity index (χ4n) is 3.29. The van der Waals surface area contributed by atoms with Crippen molar-refractivity contribution in [2.75, 3.05) is 6.61 Å². The maximum absolute atomic E-state index is 12.6. The van der Waals surface area contributed by atoms with E-state index in [0.29, 0.717) is 0 Å². The molecule has 27 heavy (non-hydrogen) atoms. The summed E-state index contributed by atoms with van der Waals surface area (Å²) in [6, 6.07) is 7.91. The number of rotatable bonds is 6. The van der Waals surface area contributed by atoms with E-state index in [0.717, 1.165) is 0 Å².